The molecular formula is C21H26FN3O4S. The van der Waals surface area contributed by atoms with Gasteiger partial charge in [0.2, 0.25) is 10.0 Å². The van der Waals surface area contributed by atoms with E-state index in [1.807, 2.05) is 4.90 Å². The van der Waals surface area contributed by atoms with E-state index in [2.05, 4.69) is 5.32 Å². The Hall–Kier alpha value is -2.49. The normalized spacial score (nSPS) is 15.8. The van der Waals surface area contributed by atoms with Gasteiger partial charge in [-0.25, -0.2) is 17.1 Å². The highest BCUT2D eigenvalue weighted by Gasteiger charge is 2.25. The second kappa shape index (κ2) is 9.11. The molecule has 0 spiro atoms. The predicted octanol–water partition coefficient (Wildman–Crippen LogP) is 2.40. The molecular weight excluding hydrogens is 409 g/mol. The van der Waals surface area contributed by atoms with Gasteiger partial charge in [-0.05, 0) is 31.2 Å². The van der Waals surface area contributed by atoms with Gasteiger partial charge in [-0.15, -0.1) is 0 Å². The number of ether oxygens (including phenoxy) is 1. The molecule has 0 bridgehead atoms. The summed E-state index contributed by atoms with van der Waals surface area (Å²) in [5, 5.41) is 2.80. The Morgan fingerprint density at radius 2 is 1.83 bits per heavy atom. The number of carbonyl (C=O) groups excluding carboxylic acids is 1. The molecule has 1 amide bonds. The van der Waals surface area contributed by atoms with E-state index >= 15 is 0 Å². The number of morpholine rings is 1. The summed E-state index contributed by atoms with van der Waals surface area (Å²) >= 11 is 0. The van der Waals surface area contributed by atoms with Gasteiger partial charge in [-0.3, -0.25) is 4.79 Å². The number of benzene rings is 2. The van der Waals surface area contributed by atoms with Crippen LogP contribution in [0.5, 0.6) is 0 Å². The van der Waals surface area contributed by atoms with E-state index < -0.39 is 27.8 Å². The average molecular weight is 436 g/mol. The molecule has 1 aliphatic rings. The molecule has 3 rings (SSSR count). The Morgan fingerprint density at radius 3 is 2.47 bits per heavy atom. The van der Waals surface area contributed by atoms with Crippen LogP contribution in [0.4, 0.5) is 10.1 Å². The summed E-state index contributed by atoms with van der Waals surface area (Å²) < 4.78 is 45.8. The van der Waals surface area contributed by atoms with Gasteiger partial charge in [0.15, 0.2) is 0 Å². The van der Waals surface area contributed by atoms with E-state index in [0.29, 0.717) is 37.6 Å². The molecule has 9 heteroatoms. The van der Waals surface area contributed by atoms with Crippen molar-refractivity contribution in [3.8, 4) is 0 Å². The fraction of sp³-hybridized carbons (Fsp3) is 0.381. The molecule has 1 atom stereocenters. The first kappa shape index (κ1) is 22.2. The molecule has 2 aromatic carbocycles. The number of amides is 1. The van der Waals surface area contributed by atoms with Crippen LogP contribution in [0.1, 0.15) is 28.9 Å². The van der Waals surface area contributed by atoms with Crippen LogP contribution in [0.15, 0.2) is 47.4 Å². The maximum absolute atomic E-state index is 14.1. The van der Waals surface area contributed by atoms with Crippen molar-refractivity contribution in [1.29, 1.82) is 0 Å². The zero-order valence-corrected chi connectivity index (χ0v) is 18.1. The number of halogens is 1. The van der Waals surface area contributed by atoms with E-state index in [0.717, 1.165) is 4.31 Å². The summed E-state index contributed by atoms with van der Waals surface area (Å²) in [6.45, 7) is 3.89. The zero-order chi connectivity index (χ0) is 21.9. The highest BCUT2D eigenvalue weighted by atomic mass is 32.2. The smallest absolute Gasteiger partial charge is 0.253 e. The lowest BCUT2D eigenvalue weighted by molar-refractivity contribution is 0.0937. The minimum atomic E-state index is -3.72. The number of nitrogens with zero attached hydrogens (tertiary/aromatic N) is 2. The topological polar surface area (TPSA) is 79.0 Å². The standard InChI is InChI=1S/C21H26FN3O4S/c1-15(17-6-4-5-7-19(17)22)23-21(26)18-14-16(30(27,28)24(2)3)8-9-20(18)25-10-12-29-13-11-25/h4-9,14-15H,10-13H2,1-3H3,(H,23,26)/t15-/m0/s1. The number of hydrogen-bond donors (Lipinski definition) is 1. The Bertz CT molecular complexity index is 1020. The van der Waals surface area contributed by atoms with Crippen molar-refractivity contribution in [2.24, 2.45) is 0 Å². The number of carbonyl (C=O) groups is 1. The Kier molecular flexibility index (Phi) is 6.74. The average Bonchev–Trinajstić information content (AvgIpc) is 2.74. The molecule has 1 fully saturated rings. The van der Waals surface area contributed by atoms with Crippen LogP contribution >= 0.6 is 0 Å². The molecule has 162 valence electrons. The van der Waals surface area contributed by atoms with Gasteiger partial charge in [0, 0.05) is 38.4 Å². The third-order valence-electron chi connectivity index (χ3n) is 5.06. The molecule has 1 aliphatic heterocycles. The molecule has 0 radical (unpaired) electrons. The quantitative estimate of drug-likeness (QED) is 0.754. The van der Waals surface area contributed by atoms with Crippen molar-refractivity contribution in [3.05, 3.63) is 59.4 Å². The molecule has 1 saturated heterocycles. The second-order valence-corrected chi connectivity index (χ2v) is 9.43. The Balaban J connectivity index is 1.98. The molecule has 0 saturated carbocycles. The highest BCUT2D eigenvalue weighted by molar-refractivity contribution is 7.89. The molecule has 0 aliphatic carbocycles. The van der Waals surface area contributed by atoms with Crippen molar-refractivity contribution in [2.75, 3.05) is 45.3 Å². The van der Waals surface area contributed by atoms with Crippen molar-refractivity contribution in [1.82, 2.24) is 9.62 Å². The van der Waals surface area contributed by atoms with E-state index in [-0.39, 0.29) is 10.5 Å². The van der Waals surface area contributed by atoms with Crippen molar-refractivity contribution < 1.29 is 22.3 Å². The lowest BCUT2D eigenvalue weighted by atomic mass is 10.1. The fourth-order valence-electron chi connectivity index (χ4n) is 3.33. The summed E-state index contributed by atoms with van der Waals surface area (Å²) in [5.74, 6) is -0.884. The highest BCUT2D eigenvalue weighted by Crippen LogP contribution is 2.27. The van der Waals surface area contributed by atoms with Crippen LogP contribution in [0.2, 0.25) is 0 Å². The summed E-state index contributed by atoms with van der Waals surface area (Å²) in [4.78, 5) is 15.2. The van der Waals surface area contributed by atoms with E-state index in [1.54, 1.807) is 31.2 Å². The first-order valence-electron chi connectivity index (χ1n) is 9.66. The van der Waals surface area contributed by atoms with Crippen LogP contribution in [-0.2, 0) is 14.8 Å². The van der Waals surface area contributed by atoms with Gasteiger partial charge in [0.25, 0.3) is 5.91 Å². The second-order valence-electron chi connectivity index (χ2n) is 7.28. The van der Waals surface area contributed by atoms with Gasteiger partial charge in [0.05, 0.1) is 29.7 Å². The molecule has 1 N–H and O–H groups in total. The Labute approximate surface area is 176 Å². The zero-order valence-electron chi connectivity index (χ0n) is 17.3. The van der Waals surface area contributed by atoms with E-state index in [1.165, 1.54) is 32.3 Å². The van der Waals surface area contributed by atoms with Crippen LogP contribution in [0.25, 0.3) is 0 Å². The SMILES string of the molecule is C[C@H](NC(=O)c1cc(S(=O)(=O)N(C)C)ccc1N1CCOCC1)c1ccccc1F. The van der Waals surface area contributed by atoms with Gasteiger partial charge in [-0.1, -0.05) is 18.2 Å². The maximum atomic E-state index is 14.1. The van der Waals surface area contributed by atoms with Gasteiger partial charge >= 0.3 is 0 Å². The minimum absolute atomic E-state index is 0.0215. The molecule has 0 aromatic heterocycles. The lowest BCUT2D eigenvalue weighted by Gasteiger charge is -2.31. The summed E-state index contributed by atoms with van der Waals surface area (Å²) in [7, 11) is -0.846. The van der Waals surface area contributed by atoms with Gasteiger partial charge in [-0.2, -0.15) is 0 Å². The van der Waals surface area contributed by atoms with Gasteiger partial charge < -0.3 is 15.0 Å². The van der Waals surface area contributed by atoms with Gasteiger partial charge in [0.1, 0.15) is 5.82 Å². The number of rotatable bonds is 6. The van der Waals surface area contributed by atoms with Crippen LogP contribution in [-0.4, -0.2) is 59.0 Å². The number of nitrogens with one attached hydrogen (secondary N) is 1. The van der Waals surface area contributed by atoms with E-state index in [9.17, 15) is 17.6 Å². The third kappa shape index (κ3) is 4.63. The fourth-order valence-corrected chi connectivity index (χ4v) is 4.26. The number of anilines is 1. The van der Waals surface area contributed by atoms with Crippen LogP contribution in [0, 0.1) is 5.82 Å². The molecule has 1 heterocycles. The number of sulfonamides is 1. The van der Waals surface area contributed by atoms with E-state index in [4.69, 9.17) is 4.74 Å². The monoisotopic (exact) mass is 435 g/mol. The van der Waals surface area contributed by atoms with Crippen molar-refractivity contribution in [3.63, 3.8) is 0 Å². The Morgan fingerprint density at radius 1 is 1.17 bits per heavy atom. The van der Waals surface area contributed by atoms with Crippen molar-refractivity contribution in [2.45, 2.75) is 17.9 Å². The summed E-state index contributed by atoms with van der Waals surface area (Å²) in [5.41, 5.74) is 1.20. The first-order chi connectivity index (χ1) is 14.2. The minimum Gasteiger partial charge on any atom is -0.378 e. The third-order valence-corrected chi connectivity index (χ3v) is 6.87. The molecule has 2 aromatic rings. The summed E-state index contributed by atoms with van der Waals surface area (Å²) in [6, 6.07) is 10.2. The first-order valence-corrected chi connectivity index (χ1v) is 11.1. The van der Waals surface area contributed by atoms with Crippen LogP contribution < -0.4 is 10.2 Å². The van der Waals surface area contributed by atoms with Crippen LogP contribution in [0.3, 0.4) is 0 Å². The predicted molar refractivity (Wildman–Crippen MR) is 113 cm³/mol. The maximum Gasteiger partial charge on any atom is 0.253 e. The summed E-state index contributed by atoms with van der Waals surface area (Å²) in [6.07, 6.45) is 0. The molecule has 7 nitrogen and oxygen atoms in total. The largest absolute Gasteiger partial charge is 0.378 e. The number of hydrogen-bond acceptors (Lipinski definition) is 5. The van der Waals surface area contributed by atoms with Crippen molar-refractivity contribution >= 4 is 21.6 Å². The molecule has 0 unspecified atom stereocenters. The lowest BCUT2D eigenvalue weighted by Crippen LogP contribution is -2.38. The molecule has 30 heavy (non-hydrogen) atoms.